The van der Waals surface area contributed by atoms with E-state index in [1.54, 1.807) is 18.2 Å². The Kier molecular flexibility index (Phi) is 36.2. The van der Waals surface area contributed by atoms with Crippen LogP contribution in [0.15, 0.2) is 110 Å². The van der Waals surface area contributed by atoms with Crippen LogP contribution in [0.1, 0.15) is 179 Å². The molecule has 0 unspecified atom stereocenters. The van der Waals surface area contributed by atoms with Gasteiger partial charge < -0.3 is 75.2 Å². The average molecular weight is 1970 g/mol. The Labute approximate surface area is 823 Å². The topological polar surface area (TPSA) is 302 Å². The number of hydrogen-bond acceptors (Lipinski definition) is 27. The highest BCUT2D eigenvalue weighted by atomic mass is 35.5. The van der Waals surface area contributed by atoms with Gasteiger partial charge in [-0.3, -0.25) is 24.7 Å². The number of amides is 2. The number of benzene rings is 3. The van der Waals surface area contributed by atoms with Crippen LogP contribution < -0.4 is 51.0 Å². The molecule has 6 aliphatic heterocycles. The van der Waals surface area contributed by atoms with Gasteiger partial charge >= 0.3 is 12.2 Å². The number of aromatic nitrogens is 9. The Bertz CT molecular complexity index is 5540. The van der Waals surface area contributed by atoms with Crippen molar-refractivity contribution in [3.63, 3.8) is 0 Å². The molecule has 750 valence electrons. The number of carbonyl (C=O) groups excluding carboxylic acids is 2. The minimum Gasteiger partial charge on any atom is -0.486 e. The highest BCUT2D eigenvalue weighted by molar-refractivity contribution is 6.28. The van der Waals surface area contributed by atoms with Crippen molar-refractivity contribution in [2.75, 3.05) is 158 Å². The highest BCUT2D eigenvalue weighted by Crippen LogP contribution is 2.46. The molecule has 139 heavy (non-hydrogen) atoms. The lowest BCUT2D eigenvalue weighted by Crippen LogP contribution is -2.47. The van der Waals surface area contributed by atoms with Gasteiger partial charge in [0.25, 0.3) is 0 Å². The van der Waals surface area contributed by atoms with Gasteiger partial charge in [-0.1, -0.05) is 39.0 Å². The molecule has 12 heterocycles. The van der Waals surface area contributed by atoms with E-state index in [2.05, 4.69) is 139 Å². The quantitative estimate of drug-likeness (QED) is 0.0384. The summed E-state index contributed by atoms with van der Waals surface area (Å²) in [5.74, 6) is -1.56. The predicted molar refractivity (Wildman–Crippen MR) is 529 cm³/mol. The van der Waals surface area contributed by atoms with Crippen molar-refractivity contribution in [3.05, 3.63) is 190 Å². The molecule has 3 saturated heterocycles. The number of halogens is 8. The number of nitrogens with zero attached hydrogens (tertiary/aromatic N) is 18. The summed E-state index contributed by atoms with van der Waals surface area (Å²) in [5, 5.41) is 5.80. The molecule has 0 bridgehead atoms. The Morgan fingerprint density at radius 1 is 0.403 bits per heavy atom. The van der Waals surface area contributed by atoms with E-state index in [0.717, 1.165) is 223 Å². The molecule has 0 atom stereocenters. The maximum atomic E-state index is 15.5. The first-order valence-electron chi connectivity index (χ1n) is 49.0. The van der Waals surface area contributed by atoms with Crippen LogP contribution in [0.5, 0.6) is 17.2 Å². The summed E-state index contributed by atoms with van der Waals surface area (Å²) >= 11 is 5.83. The molecule has 29 nitrogen and oxygen atoms in total. The number of carbonyl (C=O) groups is 2. The van der Waals surface area contributed by atoms with Gasteiger partial charge in [0.1, 0.15) is 65.6 Å². The molecule has 6 aromatic heterocycles. The van der Waals surface area contributed by atoms with E-state index in [1.165, 1.54) is 36.9 Å². The van der Waals surface area contributed by atoms with Crippen LogP contribution in [0.3, 0.4) is 0 Å². The van der Waals surface area contributed by atoms with Gasteiger partial charge in [-0.05, 0) is 221 Å². The standard InChI is InChI=1S/C36H47F2N7O3.C31H39F2N7O.C23H27ClF2N4O3.C12H20N4.ClH/c1-5-43-12-14-44(15-13-43)23-24-6-7-27(39-21-24)20-32-40-22-30(38)33(42-32)25-18-29(37)34-31(19-25)45(16-17-47-34)28-10-8-26(9-11-28)41-35(46)48-36(2,3)4;1-2-38-9-11-39(12-10-38)20-21-3-6-24(35-18-21)17-29-36-19-27(33)30(37-29)22-15-26(32)31-28(16-22)40(13-14-41-31)25-7-4-23(34)5-8-25;1-23(2,3)33-22(31)28-14-4-6-15(7-5-14)30-8-9-32-20-16(25)10-13(11-18(20)30)19-17(26)12-27-21(24)29-19;1-2-15-5-7-16(8-6-15)10-11-3-4-12(13)14-9-11;/h6-7,18-19,21-22,26,28H,5,8-17,20,23H2,1-4H3,(H,41,46);3,6,15-16,18-19,23,25H,2,4-5,7-14,17,20,34H2,1H3;10-12,14-15H,4-9H2,1-3H3,(H,28,31);3-4,9H,2,5-8,10H2,1H3,(H2,13,14);1H. The fourth-order valence-electron chi connectivity index (χ4n) is 19.5. The second-order valence-electron chi connectivity index (χ2n) is 39.1. The molecule has 3 aliphatic carbocycles. The van der Waals surface area contributed by atoms with Gasteiger partial charge in [-0.2, -0.15) is 0 Å². The van der Waals surface area contributed by atoms with Crippen molar-refractivity contribution in [1.29, 1.82) is 0 Å². The molecule has 37 heteroatoms. The number of nitrogen functional groups attached to an aromatic ring is 1. The average Bonchev–Trinajstić information content (AvgIpc) is 0.776. The first-order chi connectivity index (χ1) is 66.4. The number of anilines is 4. The Morgan fingerprint density at radius 2 is 0.719 bits per heavy atom. The van der Waals surface area contributed by atoms with E-state index < -0.39 is 58.3 Å². The number of ether oxygens (including phenoxy) is 5. The second-order valence-corrected chi connectivity index (χ2v) is 39.4. The third kappa shape index (κ3) is 28.6. The summed E-state index contributed by atoms with van der Waals surface area (Å²) in [7, 11) is 0. The van der Waals surface area contributed by atoms with E-state index in [1.807, 2.05) is 78.3 Å². The van der Waals surface area contributed by atoms with E-state index in [0.29, 0.717) is 98.0 Å². The zero-order chi connectivity index (χ0) is 97.3. The van der Waals surface area contributed by atoms with Crippen LogP contribution in [0.25, 0.3) is 33.8 Å². The number of pyridine rings is 3. The molecule has 18 rings (SSSR count). The molecule has 0 spiro atoms. The third-order valence-electron chi connectivity index (χ3n) is 27.0. The van der Waals surface area contributed by atoms with Crippen molar-refractivity contribution < 1.29 is 59.6 Å². The van der Waals surface area contributed by atoms with Crippen LogP contribution in [-0.2, 0) is 41.9 Å². The summed E-state index contributed by atoms with van der Waals surface area (Å²) in [6.45, 7) is 39.9. The van der Waals surface area contributed by atoms with Gasteiger partial charge in [-0.15, -0.1) is 12.4 Å². The zero-order valence-electron chi connectivity index (χ0n) is 81.3. The molecule has 3 saturated carbocycles. The smallest absolute Gasteiger partial charge is 0.407 e. The molecular formula is C102H134Cl2F6N22O7. The number of nitrogens with two attached hydrogens (primary N) is 2. The van der Waals surface area contributed by atoms with Crippen LogP contribution in [-0.4, -0.2) is 272 Å². The SMILES string of the molecule is CC(C)(C)OC(=O)NC1CCC(N2CCOc3c(F)cc(-c4nc(Cl)ncc4F)cc32)CC1.CCN1CCN(Cc2ccc(Cc3ncc(F)c(-c4cc(F)c5c(c4)N(C4CCC(N)CC4)CCO5)n3)nc2)CC1.CCN1CCN(Cc2ccc(Cc3ncc(F)c(-c4cc(F)c5c(c4)N(C4CCC(NC(=O)OC(C)(C)C)CC4)CCO5)n3)nc2)CC1.CCN1CCN(Cc2ccc(N)nc2)CC1.Cl. The number of piperazine rings is 3. The fourth-order valence-corrected chi connectivity index (χ4v) is 19.7. The normalized spacial score (nSPS) is 20.6. The van der Waals surface area contributed by atoms with Crippen LogP contribution in [0.2, 0.25) is 5.28 Å². The third-order valence-corrected chi connectivity index (χ3v) is 27.2. The maximum absolute atomic E-state index is 15.5. The van der Waals surface area contributed by atoms with Crippen molar-refractivity contribution in [3.8, 4) is 51.0 Å². The van der Waals surface area contributed by atoms with Crippen molar-refractivity contribution >= 4 is 59.1 Å². The zero-order valence-corrected chi connectivity index (χ0v) is 82.9. The van der Waals surface area contributed by atoms with Gasteiger partial charge in [0.2, 0.25) is 5.28 Å². The van der Waals surface area contributed by atoms with E-state index in [4.69, 9.17) is 46.8 Å². The molecular weight excluding hydrogens is 1830 g/mol. The lowest BCUT2D eigenvalue weighted by molar-refractivity contribution is 0.0479. The van der Waals surface area contributed by atoms with Gasteiger partial charge in [0.05, 0.1) is 68.1 Å². The van der Waals surface area contributed by atoms with E-state index >= 15 is 17.6 Å². The van der Waals surface area contributed by atoms with E-state index in [9.17, 15) is 18.4 Å². The van der Waals surface area contributed by atoms with Gasteiger partial charge in [0, 0.05) is 181 Å². The molecule has 3 aromatic carbocycles. The first-order valence-corrected chi connectivity index (χ1v) is 49.3. The molecule has 9 aromatic rings. The monoisotopic (exact) mass is 1960 g/mol. The van der Waals surface area contributed by atoms with Gasteiger partial charge in [-0.25, -0.2) is 70.8 Å². The Hall–Kier alpha value is -10.6. The summed E-state index contributed by atoms with van der Waals surface area (Å²) in [6, 6.07) is 21.9. The van der Waals surface area contributed by atoms with Crippen molar-refractivity contribution in [1.82, 2.24) is 84.9 Å². The minimum atomic E-state index is -0.684. The summed E-state index contributed by atoms with van der Waals surface area (Å²) in [6.07, 6.45) is 18.9. The summed E-state index contributed by atoms with van der Waals surface area (Å²) in [4.78, 5) is 84.1. The fraction of sp³-hybridized carbons (Fsp3) is 0.539. The Balaban J connectivity index is 0.000000155. The maximum Gasteiger partial charge on any atom is 0.407 e. The molecule has 0 radical (unpaired) electrons. The number of fused-ring (bicyclic) bond motifs is 3. The van der Waals surface area contributed by atoms with Crippen LogP contribution in [0.4, 0.5) is 58.8 Å². The number of hydrogen-bond donors (Lipinski definition) is 4. The second kappa shape index (κ2) is 48.2. The molecule has 2 amide bonds. The van der Waals surface area contributed by atoms with Crippen LogP contribution in [0, 0.1) is 34.9 Å². The number of rotatable bonds is 21. The summed E-state index contributed by atoms with van der Waals surface area (Å²) in [5.41, 5.74) is 18.5. The molecule has 9 aliphatic rings. The largest absolute Gasteiger partial charge is 0.486 e. The van der Waals surface area contributed by atoms with Crippen molar-refractivity contribution in [2.24, 2.45) is 5.73 Å². The predicted octanol–water partition coefficient (Wildman–Crippen LogP) is 15.9. The van der Waals surface area contributed by atoms with Gasteiger partial charge in [0.15, 0.2) is 52.2 Å². The number of likely N-dealkylation sites (N-methyl/N-ethyl adjacent to an activating group) is 3. The first kappa shape index (κ1) is 104. The lowest BCUT2D eigenvalue weighted by Gasteiger charge is -2.41. The molecule has 6 N–H and O–H groups in total. The number of alkyl carbamates (subject to hydrolysis) is 2. The number of nitrogens with one attached hydrogen (secondary N) is 2. The summed E-state index contributed by atoms with van der Waals surface area (Å²) < 4.78 is 118. The highest BCUT2D eigenvalue weighted by Gasteiger charge is 2.38. The van der Waals surface area contributed by atoms with Crippen LogP contribution >= 0.6 is 24.0 Å². The minimum absolute atomic E-state index is 0. The molecule has 6 fully saturated rings. The van der Waals surface area contributed by atoms with Crippen molar-refractivity contribution in [2.45, 2.75) is 219 Å². The Morgan fingerprint density at radius 3 is 1.04 bits per heavy atom. The lowest BCUT2D eigenvalue weighted by atomic mass is 9.89. The van der Waals surface area contributed by atoms with E-state index in [-0.39, 0.29) is 93.8 Å².